The van der Waals surface area contributed by atoms with Gasteiger partial charge in [0.25, 0.3) is 5.91 Å². The Morgan fingerprint density at radius 2 is 1.94 bits per heavy atom. The van der Waals surface area contributed by atoms with Gasteiger partial charge in [0.15, 0.2) is 0 Å². The monoisotopic (exact) mass is 421 g/mol. The van der Waals surface area contributed by atoms with Crippen LogP contribution in [-0.2, 0) is 4.74 Å². The SMILES string of the molecule is CC(C)(C)OC(=O)N1CCC(c2[nH]nc3c(C(N)=O)cc(-c4cccnc4)cc23)CC1. The molecule has 0 unspecified atom stereocenters. The molecule has 0 saturated carbocycles. The highest BCUT2D eigenvalue weighted by Crippen LogP contribution is 2.35. The second-order valence-electron chi connectivity index (χ2n) is 8.90. The van der Waals surface area contributed by atoms with Gasteiger partial charge in [0.2, 0.25) is 0 Å². The first kappa shape index (κ1) is 20.8. The molecular formula is C23H27N5O3. The molecule has 1 saturated heterocycles. The van der Waals surface area contributed by atoms with E-state index in [1.54, 1.807) is 23.4 Å². The number of amides is 2. The summed E-state index contributed by atoms with van der Waals surface area (Å²) in [6, 6.07) is 7.58. The van der Waals surface area contributed by atoms with Gasteiger partial charge in [-0.05, 0) is 57.4 Å². The van der Waals surface area contributed by atoms with Crippen LogP contribution in [0.5, 0.6) is 0 Å². The predicted molar refractivity (Wildman–Crippen MR) is 118 cm³/mol. The van der Waals surface area contributed by atoms with Crippen LogP contribution in [0.15, 0.2) is 36.7 Å². The van der Waals surface area contributed by atoms with Crippen molar-refractivity contribution >= 4 is 22.9 Å². The number of carbonyl (C=O) groups excluding carboxylic acids is 2. The minimum absolute atomic E-state index is 0.188. The molecule has 3 aromatic rings. The molecule has 0 atom stereocenters. The van der Waals surface area contributed by atoms with Crippen molar-refractivity contribution in [2.24, 2.45) is 5.73 Å². The second kappa shape index (κ2) is 8.02. The third kappa shape index (κ3) is 4.38. The van der Waals surface area contributed by atoms with Gasteiger partial charge in [-0.2, -0.15) is 5.10 Å². The normalized spacial score (nSPS) is 15.3. The average molecular weight is 422 g/mol. The van der Waals surface area contributed by atoms with E-state index in [4.69, 9.17) is 10.5 Å². The molecule has 31 heavy (non-hydrogen) atoms. The van der Waals surface area contributed by atoms with Crippen molar-refractivity contribution in [3.63, 3.8) is 0 Å². The molecule has 8 heteroatoms. The number of likely N-dealkylation sites (tertiary alicyclic amines) is 1. The van der Waals surface area contributed by atoms with Gasteiger partial charge in [-0.1, -0.05) is 6.07 Å². The van der Waals surface area contributed by atoms with Crippen molar-refractivity contribution in [1.82, 2.24) is 20.1 Å². The van der Waals surface area contributed by atoms with Crippen LogP contribution < -0.4 is 5.73 Å². The molecular weight excluding hydrogens is 394 g/mol. The number of benzene rings is 1. The Bertz CT molecular complexity index is 1110. The van der Waals surface area contributed by atoms with Crippen LogP contribution in [-0.4, -0.2) is 50.8 Å². The van der Waals surface area contributed by atoms with Crippen LogP contribution in [0.1, 0.15) is 55.6 Å². The number of nitrogens with one attached hydrogen (secondary N) is 1. The summed E-state index contributed by atoms with van der Waals surface area (Å²) in [7, 11) is 0. The van der Waals surface area contributed by atoms with Crippen molar-refractivity contribution in [3.8, 4) is 11.1 Å². The third-order valence-corrected chi connectivity index (χ3v) is 5.50. The molecule has 0 spiro atoms. The maximum atomic E-state index is 12.4. The zero-order chi connectivity index (χ0) is 22.2. The number of primary amides is 1. The van der Waals surface area contributed by atoms with E-state index in [1.165, 1.54) is 0 Å². The number of aromatic nitrogens is 3. The van der Waals surface area contributed by atoms with E-state index in [0.29, 0.717) is 24.2 Å². The molecule has 1 aliphatic rings. The van der Waals surface area contributed by atoms with Gasteiger partial charge >= 0.3 is 6.09 Å². The minimum atomic E-state index is -0.520. The lowest BCUT2D eigenvalue weighted by molar-refractivity contribution is 0.0204. The maximum Gasteiger partial charge on any atom is 0.410 e. The number of nitrogens with zero attached hydrogens (tertiary/aromatic N) is 3. The first-order valence-corrected chi connectivity index (χ1v) is 10.4. The Morgan fingerprint density at radius 1 is 1.19 bits per heavy atom. The van der Waals surface area contributed by atoms with Crippen LogP contribution in [0.4, 0.5) is 4.79 Å². The number of carbonyl (C=O) groups is 2. The largest absolute Gasteiger partial charge is 0.444 e. The number of hydrogen-bond acceptors (Lipinski definition) is 5. The number of aromatic amines is 1. The smallest absolute Gasteiger partial charge is 0.410 e. The Kier molecular flexibility index (Phi) is 5.39. The topological polar surface area (TPSA) is 114 Å². The van der Waals surface area contributed by atoms with Gasteiger partial charge in [-0.25, -0.2) is 4.79 Å². The minimum Gasteiger partial charge on any atom is -0.444 e. The molecule has 4 rings (SSSR count). The first-order chi connectivity index (χ1) is 14.7. The van der Waals surface area contributed by atoms with E-state index in [-0.39, 0.29) is 12.0 Å². The number of nitrogens with two attached hydrogens (primary N) is 1. The highest BCUT2D eigenvalue weighted by Gasteiger charge is 2.29. The zero-order valence-corrected chi connectivity index (χ0v) is 18.0. The summed E-state index contributed by atoms with van der Waals surface area (Å²) in [6.07, 6.45) is 4.73. The summed E-state index contributed by atoms with van der Waals surface area (Å²) >= 11 is 0. The van der Waals surface area contributed by atoms with E-state index in [2.05, 4.69) is 15.2 Å². The van der Waals surface area contributed by atoms with Crippen LogP contribution in [0.3, 0.4) is 0 Å². The van der Waals surface area contributed by atoms with Crippen molar-refractivity contribution in [1.29, 1.82) is 0 Å². The van der Waals surface area contributed by atoms with Gasteiger partial charge in [0, 0.05) is 48.0 Å². The van der Waals surface area contributed by atoms with E-state index in [1.807, 2.05) is 39.0 Å². The fourth-order valence-electron chi connectivity index (χ4n) is 4.01. The van der Waals surface area contributed by atoms with Crippen molar-refractivity contribution in [3.05, 3.63) is 47.9 Å². The summed E-state index contributed by atoms with van der Waals surface area (Å²) in [5.74, 6) is -0.331. The van der Waals surface area contributed by atoms with Gasteiger partial charge in [-0.3, -0.25) is 14.9 Å². The molecule has 0 bridgehead atoms. The molecule has 1 aromatic carbocycles. The lowest BCUT2D eigenvalue weighted by Crippen LogP contribution is -2.41. The molecule has 8 nitrogen and oxygen atoms in total. The molecule has 3 heterocycles. The fourth-order valence-corrected chi connectivity index (χ4v) is 4.01. The standard InChI is InChI=1S/C23H27N5O3/c1-23(2,3)31-22(30)28-9-6-14(7-10-28)19-17-11-16(15-5-4-8-25-13-15)12-18(21(24)29)20(17)27-26-19/h4-5,8,11-14H,6-7,9-10H2,1-3H3,(H2,24,29)(H,26,27). The summed E-state index contributed by atoms with van der Waals surface area (Å²) < 4.78 is 5.49. The van der Waals surface area contributed by atoms with Gasteiger partial charge in [0.05, 0.1) is 5.56 Å². The van der Waals surface area contributed by atoms with Gasteiger partial charge in [0.1, 0.15) is 11.1 Å². The number of rotatable bonds is 3. The molecule has 2 aromatic heterocycles. The molecule has 0 radical (unpaired) electrons. The van der Waals surface area contributed by atoms with Crippen molar-refractivity contribution in [2.45, 2.75) is 45.1 Å². The summed E-state index contributed by atoms with van der Waals surface area (Å²) in [5.41, 5.74) is 8.82. The molecule has 1 fully saturated rings. The molecule has 162 valence electrons. The molecule has 2 amide bonds. The lowest BCUT2D eigenvalue weighted by atomic mass is 9.90. The van der Waals surface area contributed by atoms with Crippen molar-refractivity contribution < 1.29 is 14.3 Å². The highest BCUT2D eigenvalue weighted by molar-refractivity contribution is 6.07. The molecule has 3 N–H and O–H groups in total. The molecule has 0 aliphatic carbocycles. The quantitative estimate of drug-likeness (QED) is 0.667. The number of ether oxygens (including phenoxy) is 1. The lowest BCUT2D eigenvalue weighted by Gasteiger charge is -2.33. The number of H-pyrrole nitrogens is 1. The van der Waals surface area contributed by atoms with Crippen LogP contribution in [0.2, 0.25) is 0 Å². The fraction of sp³-hybridized carbons (Fsp3) is 0.391. The van der Waals surface area contributed by atoms with Crippen LogP contribution in [0.25, 0.3) is 22.0 Å². The van der Waals surface area contributed by atoms with Crippen molar-refractivity contribution in [2.75, 3.05) is 13.1 Å². The van der Waals surface area contributed by atoms with E-state index in [0.717, 1.165) is 35.0 Å². The number of pyridine rings is 1. The number of piperidine rings is 1. The third-order valence-electron chi connectivity index (χ3n) is 5.50. The van der Waals surface area contributed by atoms with E-state index < -0.39 is 11.5 Å². The summed E-state index contributed by atoms with van der Waals surface area (Å²) in [6.45, 7) is 6.80. The first-order valence-electron chi connectivity index (χ1n) is 10.4. The molecule has 1 aliphatic heterocycles. The Balaban J connectivity index is 1.63. The Labute approximate surface area is 180 Å². The predicted octanol–water partition coefficient (Wildman–Crippen LogP) is 3.84. The number of fused-ring (bicyclic) bond motifs is 1. The second-order valence-corrected chi connectivity index (χ2v) is 8.90. The highest BCUT2D eigenvalue weighted by atomic mass is 16.6. The van der Waals surface area contributed by atoms with E-state index >= 15 is 0 Å². The van der Waals surface area contributed by atoms with Gasteiger partial charge in [-0.15, -0.1) is 0 Å². The van der Waals surface area contributed by atoms with Crippen LogP contribution in [0, 0.1) is 0 Å². The Hall–Kier alpha value is -3.42. The van der Waals surface area contributed by atoms with Gasteiger partial charge < -0.3 is 15.4 Å². The summed E-state index contributed by atoms with van der Waals surface area (Å²) in [4.78, 5) is 30.4. The summed E-state index contributed by atoms with van der Waals surface area (Å²) in [5, 5.41) is 8.42. The maximum absolute atomic E-state index is 12.4. The Morgan fingerprint density at radius 3 is 2.55 bits per heavy atom. The van der Waals surface area contributed by atoms with E-state index in [9.17, 15) is 9.59 Å². The zero-order valence-electron chi connectivity index (χ0n) is 18.0. The average Bonchev–Trinajstić information content (AvgIpc) is 3.16. The number of hydrogen-bond donors (Lipinski definition) is 2. The van der Waals surface area contributed by atoms with Crippen LogP contribution >= 0.6 is 0 Å².